The predicted molar refractivity (Wildman–Crippen MR) is 71.2 cm³/mol. The standard InChI is InChI=1S/C10H10BrNO3S2/c11-9-6-8(7-16-9)2-3-10(13)12-4-1-5-17(12,14)15/h2-3,6-7H,1,4-5H2/b3-2-. The van der Waals surface area contributed by atoms with Crippen LogP contribution in [-0.4, -0.2) is 30.9 Å². The van der Waals surface area contributed by atoms with Gasteiger partial charge in [0.25, 0.3) is 5.91 Å². The van der Waals surface area contributed by atoms with Crippen molar-refractivity contribution in [1.82, 2.24) is 4.31 Å². The number of carbonyl (C=O) groups is 1. The number of hydrogen-bond acceptors (Lipinski definition) is 4. The summed E-state index contributed by atoms with van der Waals surface area (Å²) in [5.74, 6) is -0.402. The molecule has 1 aromatic rings. The fourth-order valence-corrected chi connectivity index (χ4v) is 4.15. The number of thiophene rings is 1. The van der Waals surface area contributed by atoms with Gasteiger partial charge in [0.15, 0.2) is 0 Å². The molecule has 1 fully saturated rings. The van der Waals surface area contributed by atoms with E-state index in [4.69, 9.17) is 0 Å². The smallest absolute Gasteiger partial charge is 0.260 e. The van der Waals surface area contributed by atoms with Gasteiger partial charge in [0, 0.05) is 12.6 Å². The lowest BCUT2D eigenvalue weighted by atomic mass is 10.3. The minimum atomic E-state index is -3.36. The SMILES string of the molecule is O=C(/C=C\c1csc(Br)c1)N1CCCS1(=O)=O. The molecule has 0 bridgehead atoms. The van der Waals surface area contributed by atoms with Crippen molar-refractivity contribution in [2.45, 2.75) is 6.42 Å². The molecule has 1 saturated heterocycles. The van der Waals surface area contributed by atoms with Gasteiger partial charge in [-0.3, -0.25) is 4.79 Å². The van der Waals surface area contributed by atoms with Crippen LogP contribution in [0.3, 0.4) is 0 Å². The van der Waals surface area contributed by atoms with Crippen LogP contribution in [0.25, 0.3) is 6.08 Å². The predicted octanol–water partition coefficient (Wildman–Crippen LogP) is 2.09. The first-order valence-electron chi connectivity index (χ1n) is 4.95. The van der Waals surface area contributed by atoms with Crippen LogP contribution in [0.5, 0.6) is 0 Å². The minimum absolute atomic E-state index is 0.0661. The van der Waals surface area contributed by atoms with Gasteiger partial charge in [-0.15, -0.1) is 11.3 Å². The van der Waals surface area contributed by atoms with Gasteiger partial charge in [0.1, 0.15) is 0 Å². The van der Waals surface area contributed by atoms with Gasteiger partial charge in [0.05, 0.1) is 9.54 Å². The van der Waals surface area contributed by atoms with Crippen LogP contribution in [0.4, 0.5) is 0 Å². The van der Waals surface area contributed by atoms with Gasteiger partial charge in [-0.05, 0) is 45.4 Å². The number of hydrogen-bond donors (Lipinski definition) is 0. The zero-order chi connectivity index (χ0) is 12.5. The molecule has 0 unspecified atom stereocenters. The van der Waals surface area contributed by atoms with Gasteiger partial charge >= 0.3 is 0 Å². The monoisotopic (exact) mass is 335 g/mol. The maximum atomic E-state index is 11.7. The average Bonchev–Trinajstić information content (AvgIpc) is 2.81. The summed E-state index contributed by atoms with van der Waals surface area (Å²) in [6.45, 7) is 0.291. The fourth-order valence-electron chi connectivity index (χ4n) is 1.55. The third-order valence-corrected chi connectivity index (χ3v) is 5.71. The topological polar surface area (TPSA) is 54.5 Å². The average molecular weight is 336 g/mol. The molecule has 0 aromatic carbocycles. The van der Waals surface area contributed by atoms with Crippen molar-refractivity contribution in [3.8, 4) is 0 Å². The van der Waals surface area contributed by atoms with E-state index in [1.165, 1.54) is 17.4 Å². The molecule has 0 spiro atoms. The molecule has 1 aliphatic heterocycles. The van der Waals surface area contributed by atoms with Crippen LogP contribution in [0.15, 0.2) is 21.3 Å². The Hall–Kier alpha value is -0.660. The fraction of sp³-hybridized carbons (Fsp3) is 0.300. The molecule has 0 N–H and O–H groups in total. The molecule has 2 rings (SSSR count). The molecule has 1 amide bonds. The zero-order valence-corrected chi connectivity index (χ0v) is 12.0. The number of amides is 1. The second kappa shape index (κ2) is 4.91. The Morgan fingerprint density at radius 3 is 2.82 bits per heavy atom. The summed E-state index contributed by atoms with van der Waals surface area (Å²) in [5.41, 5.74) is 0.881. The molecule has 2 heterocycles. The normalized spacial score (nSPS) is 19.0. The second-order valence-corrected chi connectivity index (χ2v) is 7.90. The zero-order valence-electron chi connectivity index (χ0n) is 8.80. The van der Waals surface area contributed by atoms with Crippen molar-refractivity contribution in [3.63, 3.8) is 0 Å². The van der Waals surface area contributed by atoms with Crippen LogP contribution in [0, 0.1) is 0 Å². The van der Waals surface area contributed by atoms with E-state index in [1.807, 2.05) is 11.4 Å². The van der Waals surface area contributed by atoms with E-state index in [0.717, 1.165) is 13.7 Å². The summed E-state index contributed by atoms with van der Waals surface area (Å²) in [4.78, 5) is 11.7. The Morgan fingerprint density at radius 1 is 1.53 bits per heavy atom. The molecule has 4 nitrogen and oxygen atoms in total. The summed E-state index contributed by atoms with van der Waals surface area (Å²) in [6, 6.07) is 1.87. The highest BCUT2D eigenvalue weighted by Gasteiger charge is 2.30. The van der Waals surface area contributed by atoms with E-state index >= 15 is 0 Å². The highest BCUT2D eigenvalue weighted by Crippen LogP contribution is 2.22. The Kier molecular flexibility index (Phi) is 3.70. The molecule has 92 valence electrons. The maximum Gasteiger partial charge on any atom is 0.260 e. The van der Waals surface area contributed by atoms with E-state index < -0.39 is 15.9 Å². The highest BCUT2D eigenvalue weighted by molar-refractivity contribution is 9.11. The highest BCUT2D eigenvalue weighted by atomic mass is 79.9. The van der Waals surface area contributed by atoms with Crippen molar-refractivity contribution >= 4 is 49.3 Å². The Labute approximate surface area is 112 Å². The quantitative estimate of drug-likeness (QED) is 0.777. The number of rotatable bonds is 2. The molecule has 17 heavy (non-hydrogen) atoms. The van der Waals surface area contributed by atoms with Crippen LogP contribution in [0.2, 0.25) is 0 Å². The molecular weight excluding hydrogens is 326 g/mol. The Balaban J connectivity index is 2.10. The van der Waals surface area contributed by atoms with E-state index in [0.29, 0.717) is 13.0 Å². The summed E-state index contributed by atoms with van der Waals surface area (Å²) >= 11 is 4.83. The number of sulfonamides is 1. The molecule has 7 heteroatoms. The first-order valence-corrected chi connectivity index (χ1v) is 8.24. The van der Waals surface area contributed by atoms with E-state index in [1.54, 1.807) is 6.08 Å². The second-order valence-electron chi connectivity index (χ2n) is 3.60. The lowest BCUT2D eigenvalue weighted by molar-refractivity contribution is -0.121. The summed E-state index contributed by atoms with van der Waals surface area (Å²) in [5, 5.41) is 1.88. The molecule has 0 saturated carbocycles. The first-order chi connectivity index (χ1) is 7.99. The Morgan fingerprint density at radius 2 is 2.29 bits per heavy atom. The van der Waals surface area contributed by atoms with E-state index in [-0.39, 0.29) is 5.75 Å². The number of nitrogens with zero attached hydrogens (tertiary/aromatic N) is 1. The summed E-state index contributed by atoms with van der Waals surface area (Å²) < 4.78 is 24.9. The van der Waals surface area contributed by atoms with Gasteiger partial charge < -0.3 is 0 Å². The molecule has 0 radical (unpaired) electrons. The third-order valence-electron chi connectivity index (χ3n) is 2.35. The van der Waals surface area contributed by atoms with Gasteiger partial charge in [-0.25, -0.2) is 12.7 Å². The van der Waals surface area contributed by atoms with E-state index in [9.17, 15) is 13.2 Å². The number of halogens is 1. The van der Waals surface area contributed by atoms with Crippen LogP contribution < -0.4 is 0 Å². The minimum Gasteiger partial charge on any atom is -0.269 e. The maximum absolute atomic E-state index is 11.7. The molecule has 1 aliphatic rings. The molecule has 0 aliphatic carbocycles. The first kappa shape index (κ1) is 12.8. The van der Waals surface area contributed by atoms with Crippen molar-refractivity contribution in [3.05, 3.63) is 26.9 Å². The van der Waals surface area contributed by atoms with Gasteiger partial charge in [0.2, 0.25) is 10.0 Å². The molecular formula is C10H10BrNO3S2. The summed E-state index contributed by atoms with van der Waals surface area (Å²) in [7, 11) is -3.36. The largest absolute Gasteiger partial charge is 0.269 e. The van der Waals surface area contributed by atoms with Crippen molar-refractivity contribution in [1.29, 1.82) is 0 Å². The lowest BCUT2D eigenvalue weighted by Crippen LogP contribution is -2.30. The van der Waals surface area contributed by atoms with Crippen LogP contribution in [0.1, 0.15) is 12.0 Å². The van der Waals surface area contributed by atoms with Crippen molar-refractivity contribution in [2.24, 2.45) is 0 Å². The van der Waals surface area contributed by atoms with E-state index in [2.05, 4.69) is 15.9 Å². The number of carbonyl (C=O) groups excluding carboxylic acids is 1. The lowest BCUT2D eigenvalue weighted by Gasteiger charge is -2.11. The summed E-state index contributed by atoms with van der Waals surface area (Å²) in [6.07, 6.45) is 3.45. The Bertz CT molecular complexity index is 562. The van der Waals surface area contributed by atoms with Crippen LogP contribution in [-0.2, 0) is 14.8 Å². The van der Waals surface area contributed by atoms with Gasteiger partial charge in [-0.2, -0.15) is 0 Å². The van der Waals surface area contributed by atoms with Crippen LogP contribution >= 0.6 is 27.3 Å². The van der Waals surface area contributed by atoms with Crippen molar-refractivity contribution < 1.29 is 13.2 Å². The van der Waals surface area contributed by atoms with Gasteiger partial charge in [-0.1, -0.05) is 0 Å². The third kappa shape index (κ3) is 2.97. The van der Waals surface area contributed by atoms with Crippen molar-refractivity contribution in [2.75, 3.05) is 12.3 Å². The molecule has 0 atom stereocenters. The molecule has 1 aromatic heterocycles.